The van der Waals surface area contributed by atoms with Crippen molar-refractivity contribution in [3.63, 3.8) is 0 Å². The number of rotatable bonds is 4. The molecule has 1 saturated carbocycles. The standard InChI is InChI=1S/C14H22ClN3OS.HI/c1-16-13(17-10-14(19)7-3-4-8-14)18(2)9-11-5-6-12(15)20-11;/h5-6,19H,3-4,7-10H2,1-2H3,(H,16,17);1H. The number of aliphatic hydroxyl groups is 1. The lowest BCUT2D eigenvalue weighted by Crippen LogP contribution is -2.46. The van der Waals surface area contributed by atoms with Gasteiger partial charge in [0.25, 0.3) is 0 Å². The molecule has 0 aliphatic heterocycles. The van der Waals surface area contributed by atoms with Gasteiger partial charge < -0.3 is 15.3 Å². The molecule has 0 saturated heterocycles. The number of nitrogens with zero attached hydrogens (tertiary/aromatic N) is 2. The Morgan fingerprint density at radius 2 is 2.14 bits per heavy atom. The Hall–Kier alpha value is -0.0500. The molecule has 1 aromatic heterocycles. The second kappa shape index (κ2) is 8.55. The fraction of sp³-hybridized carbons (Fsp3) is 0.643. The van der Waals surface area contributed by atoms with Gasteiger partial charge in [0.05, 0.1) is 16.5 Å². The van der Waals surface area contributed by atoms with Gasteiger partial charge in [-0.2, -0.15) is 0 Å². The maximum Gasteiger partial charge on any atom is 0.193 e. The largest absolute Gasteiger partial charge is 0.388 e. The van der Waals surface area contributed by atoms with E-state index in [1.54, 1.807) is 18.4 Å². The predicted octanol–water partition coefficient (Wildman–Crippen LogP) is 3.33. The molecule has 7 heteroatoms. The van der Waals surface area contributed by atoms with Gasteiger partial charge in [0.2, 0.25) is 0 Å². The molecule has 2 rings (SSSR count). The quantitative estimate of drug-likeness (QED) is 0.426. The first kappa shape index (κ1) is 19.0. The van der Waals surface area contributed by atoms with Crippen LogP contribution in [0.5, 0.6) is 0 Å². The second-order valence-electron chi connectivity index (χ2n) is 5.39. The third-order valence-electron chi connectivity index (χ3n) is 3.71. The van der Waals surface area contributed by atoms with Crippen LogP contribution in [0.4, 0.5) is 0 Å². The van der Waals surface area contributed by atoms with Gasteiger partial charge in [0.1, 0.15) is 0 Å². The van der Waals surface area contributed by atoms with Gasteiger partial charge in [0, 0.05) is 25.5 Å². The summed E-state index contributed by atoms with van der Waals surface area (Å²) < 4.78 is 0.802. The van der Waals surface area contributed by atoms with Crippen molar-refractivity contribution in [3.05, 3.63) is 21.3 Å². The predicted molar refractivity (Wildman–Crippen MR) is 101 cm³/mol. The third kappa shape index (κ3) is 5.58. The Morgan fingerprint density at radius 1 is 1.48 bits per heavy atom. The maximum atomic E-state index is 10.4. The molecule has 1 aliphatic rings. The fourth-order valence-electron chi connectivity index (χ4n) is 2.58. The van der Waals surface area contributed by atoms with Crippen LogP contribution in [-0.2, 0) is 6.54 Å². The van der Waals surface area contributed by atoms with Crippen LogP contribution in [-0.4, -0.2) is 42.2 Å². The summed E-state index contributed by atoms with van der Waals surface area (Å²) in [6.45, 7) is 1.32. The van der Waals surface area contributed by atoms with E-state index in [2.05, 4.69) is 10.3 Å². The van der Waals surface area contributed by atoms with Crippen molar-refractivity contribution < 1.29 is 5.11 Å². The molecule has 0 radical (unpaired) electrons. The highest BCUT2D eigenvalue weighted by Gasteiger charge is 2.31. The van der Waals surface area contributed by atoms with E-state index >= 15 is 0 Å². The molecule has 1 fully saturated rings. The first-order valence-corrected chi connectivity index (χ1v) is 8.10. The lowest BCUT2D eigenvalue weighted by atomic mass is 10.0. The summed E-state index contributed by atoms with van der Waals surface area (Å²) in [5, 5.41) is 13.6. The van der Waals surface area contributed by atoms with Crippen molar-refractivity contribution in [2.75, 3.05) is 20.6 Å². The van der Waals surface area contributed by atoms with Gasteiger partial charge in [-0.25, -0.2) is 0 Å². The number of thiophene rings is 1. The Kier molecular flexibility index (Phi) is 7.73. The number of nitrogens with one attached hydrogen (secondary N) is 1. The van der Waals surface area contributed by atoms with Gasteiger partial charge in [-0.3, -0.25) is 4.99 Å². The maximum absolute atomic E-state index is 10.4. The Bertz CT molecular complexity index is 475. The molecule has 0 spiro atoms. The van der Waals surface area contributed by atoms with Crippen LogP contribution < -0.4 is 5.32 Å². The van der Waals surface area contributed by atoms with E-state index in [4.69, 9.17) is 11.6 Å². The molecule has 0 bridgehead atoms. The van der Waals surface area contributed by atoms with Crippen LogP contribution in [0.3, 0.4) is 0 Å². The number of aliphatic imine (C=N–C) groups is 1. The van der Waals surface area contributed by atoms with Crippen molar-refractivity contribution in [2.24, 2.45) is 4.99 Å². The third-order valence-corrected chi connectivity index (χ3v) is 4.92. The zero-order valence-corrected chi connectivity index (χ0v) is 16.3. The summed E-state index contributed by atoms with van der Waals surface area (Å²) in [6, 6.07) is 3.94. The zero-order valence-electron chi connectivity index (χ0n) is 12.4. The van der Waals surface area contributed by atoms with Crippen LogP contribution in [0.15, 0.2) is 17.1 Å². The monoisotopic (exact) mass is 443 g/mol. The molecule has 4 nitrogen and oxygen atoms in total. The molecular formula is C14H23ClIN3OS. The molecule has 21 heavy (non-hydrogen) atoms. The first-order chi connectivity index (χ1) is 9.52. The van der Waals surface area contributed by atoms with Crippen LogP contribution in [0.25, 0.3) is 0 Å². The molecule has 0 unspecified atom stereocenters. The highest BCUT2D eigenvalue weighted by atomic mass is 127. The molecule has 120 valence electrons. The molecule has 1 aliphatic carbocycles. The lowest BCUT2D eigenvalue weighted by Gasteiger charge is -2.27. The van der Waals surface area contributed by atoms with Gasteiger partial charge in [-0.15, -0.1) is 35.3 Å². The van der Waals surface area contributed by atoms with E-state index in [-0.39, 0.29) is 24.0 Å². The fourth-order valence-corrected chi connectivity index (χ4v) is 3.72. The van der Waals surface area contributed by atoms with Crippen LogP contribution in [0, 0.1) is 0 Å². The molecule has 0 amide bonds. The van der Waals surface area contributed by atoms with E-state index in [0.717, 1.165) is 42.5 Å². The summed E-state index contributed by atoms with van der Waals surface area (Å²) in [7, 11) is 3.75. The highest BCUT2D eigenvalue weighted by Crippen LogP contribution is 2.28. The van der Waals surface area contributed by atoms with E-state index in [1.165, 1.54) is 4.88 Å². The number of halogens is 2. The number of guanidine groups is 1. The SMILES string of the molecule is CN=C(NCC1(O)CCCC1)N(C)Cc1ccc(Cl)s1.I. The van der Waals surface area contributed by atoms with Crippen LogP contribution in [0.1, 0.15) is 30.6 Å². The minimum atomic E-state index is -0.566. The normalized spacial score (nSPS) is 17.4. The molecular weight excluding hydrogens is 421 g/mol. The van der Waals surface area contributed by atoms with Crippen molar-refractivity contribution in [2.45, 2.75) is 37.8 Å². The molecule has 1 aromatic rings. The summed E-state index contributed by atoms with van der Waals surface area (Å²) in [4.78, 5) is 7.51. The topological polar surface area (TPSA) is 47.9 Å². The first-order valence-electron chi connectivity index (χ1n) is 6.91. The average molecular weight is 444 g/mol. The Morgan fingerprint density at radius 3 is 2.67 bits per heavy atom. The molecule has 1 heterocycles. The number of hydrogen-bond acceptors (Lipinski definition) is 3. The van der Waals surface area contributed by atoms with Crippen molar-refractivity contribution in [3.8, 4) is 0 Å². The van der Waals surface area contributed by atoms with Gasteiger partial charge >= 0.3 is 0 Å². The molecule has 2 N–H and O–H groups in total. The van der Waals surface area contributed by atoms with Crippen molar-refractivity contribution >= 4 is 52.9 Å². The van der Waals surface area contributed by atoms with Crippen molar-refractivity contribution in [1.29, 1.82) is 0 Å². The summed E-state index contributed by atoms with van der Waals surface area (Å²) in [5.41, 5.74) is -0.566. The zero-order chi connectivity index (χ0) is 14.6. The highest BCUT2D eigenvalue weighted by molar-refractivity contribution is 14.0. The average Bonchev–Trinajstić information content (AvgIpc) is 3.00. The minimum absolute atomic E-state index is 0. The molecule has 0 atom stereocenters. The second-order valence-corrected chi connectivity index (χ2v) is 7.19. The van der Waals surface area contributed by atoms with Gasteiger partial charge in [-0.05, 0) is 25.0 Å². The van der Waals surface area contributed by atoms with Gasteiger partial charge in [0.15, 0.2) is 5.96 Å². The van der Waals surface area contributed by atoms with Crippen molar-refractivity contribution in [1.82, 2.24) is 10.2 Å². The smallest absolute Gasteiger partial charge is 0.193 e. The van der Waals surface area contributed by atoms with E-state index in [1.807, 2.05) is 24.1 Å². The lowest BCUT2D eigenvalue weighted by molar-refractivity contribution is 0.0516. The van der Waals surface area contributed by atoms with Crippen LogP contribution in [0.2, 0.25) is 4.34 Å². The summed E-state index contributed by atoms with van der Waals surface area (Å²) >= 11 is 7.52. The van der Waals surface area contributed by atoms with E-state index in [0.29, 0.717) is 6.54 Å². The van der Waals surface area contributed by atoms with E-state index in [9.17, 15) is 5.11 Å². The Balaban J connectivity index is 0.00000220. The minimum Gasteiger partial charge on any atom is -0.388 e. The van der Waals surface area contributed by atoms with Gasteiger partial charge in [-0.1, -0.05) is 24.4 Å². The summed E-state index contributed by atoms with van der Waals surface area (Å²) in [6.07, 6.45) is 3.98. The van der Waals surface area contributed by atoms with E-state index < -0.39 is 5.60 Å². The number of hydrogen-bond donors (Lipinski definition) is 2. The Labute approximate surface area is 152 Å². The van der Waals surface area contributed by atoms with Crippen LogP contribution >= 0.6 is 46.9 Å². The molecule has 0 aromatic carbocycles. The summed E-state index contributed by atoms with van der Waals surface area (Å²) in [5.74, 6) is 0.801.